The highest BCUT2D eigenvalue weighted by atomic mass is 16.5. The maximum atomic E-state index is 6.25. The number of hydrogen-bond donors (Lipinski definition) is 2. The Kier molecular flexibility index (Phi) is 2.58. The molecular formula is C13H18N2O. The van der Waals surface area contributed by atoms with Crippen LogP contribution in [0.4, 0.5) is 0 Å². The van der Waals surface area contributed by atoms with Gasteiger partial charge >= 0.3 is 0 Å². The molecule has 3 heteroatoms. The molecule has 3 nitrogen and oxygen atoms in total. The van der Waals surface area contributed by atoms with E-state index >= 15 is 0 Å². The minimum Gasteiger partial charge on any atom is -0.493 e. The molecule has 1 fully saturated rings. The van der Waals surface area contributed by atoms with Crippen molar-refractivity contribution in [1.82, 2.24) is 5.32 Å². The van der Waals surface area contributed by atoms with E-state index in [9.17, 15) is 0 Å². The predicted molar refractivity (Wildman–Crippen MR) is 63.5 cm³/mol. The first-order valence-electron chi connectivity index (χ1n) is 6.06. The molecule has 1 atom stereocenters. The predicted octanol–water partition coefficient (Wildman–Crippen LogP) is 1.23. The molecule has 0 radical (unpaired) electrons. The Labute approximate surface area is 96.0 Å². The standard InChI is InChI=1S/C13H18N2O/c14-13(11-7-15-8-11)10-3-4-12-9(6-10)2-1-5-16-12/h3-4,6,11,13,15H,1-2,5,7-8,14H2. The molecule has 0 amide bonds. The molecule has 3 rings (SSSR count). The molecule has 86 valence electrons. The van der Waals surface area contributed by atoms with Gasteiger partial charge in [-0.1, -0.05) is 12.1 Å². The second-order valence-electron chi connectivity index (χ2n) is 4.76. The summed E-state index contributed by atoms with van der Waals surface area (Å²) in [4.78, 5) is 0. The molecule has 1 aromatic carbocycles. The lowest BCUT2D eigenvalue weighted by Crippen LogP contribution is -2.47. The van der Waals surface area contributed by atoms with E-state index in [0.717, 1.165) is 38.3 Å². The van der Waals surface area contributed by atoms with E-state index in [1.807, 2.05) is 0 Å². The molecule has 1 saturated heterocycles. The van der Waals surface area contributed by atoms with Gasteiger partial charge in [0, 0.05) is 25.0 Å². The fourth-order valence-electron chi connectivity index (χ4n) is 2.42. The molecule has 2 heterocycles. The first-order chi connectivity index (χ1) is 7.84. The summed E-state index contributed by atoms with van der Waals surface area (Å²) in [6, 6.07) is 6.61. The number of nitrogens with two attached hydrogens (primary N) is 1. The Morgan fingerprint density at radius 1 is 1.38 bits per heavy atom. The highest BCUT2D eigenvalue weighted by Crippen LogP contribution is 2.30. The summed E-state index contributed by atoms with van der Waals surface area (Å²) in [5.41, 5.74) is 8.84. The SMILES string of the molecule is NC(c1ccc2c(c1)CCCO2)C1CNC1. The van der Waals surface area contributed by atoms with E-state index < -0.39 is 0 Å². The van der Waals surface area contributed by atoms with Crippen LogP contribution >= 0.6 is 0 Å². The third-order valence-corrected chi connectivity index (χ3v) is 3.64. The van der Waals surface area contributed by atoms with Crippen molar-refractivity contribution in [2.75, 3.05) is 19.7 Å². The lowest BCUT2D eigenvalue weighted by Gasteiger charge is -2.33. The molecule has 0 aliphatic carbocycles. The summed E-state index contributed by atoms with van der Waals surface area (Å²) in [5.74, 6) is 1.65. The molecule has 1 aromatic rings. The van der Waals surface area contributed by atoms with Crippen LogP contribution in [0.1, 0.15) is 23.6 Å². The minimum atomic E-state index is 0.175. The number of ether oxygens (including phenoxy) is 1. The minimum absolute atomic E-state index is 0.175. The van der Waals surface area contributed by atoms with Crippen molar-refractivity contribution in [1.29, 1.82) is 0 Å². The third kappa shape index (κ3) is 1.70. The molecule has 3 N–H and O–H groups in total. The lowest BCUT2D eigenvalue weighted by atomic mass is 9.88. The molecule has 0 aromatic heterocycles. The van der Waals surface area contributed by atoms with Crippen LogP contribution in [0.2, 0.25) is 0 Å². The normalized spacial score (nSPS) is 21.8. The monoisotopic (exact) mass is 218 g/mol. The lowest BCUT2D eigenvalue weighted by molar-refractivity contribution is 0.284. The van der Waals surface area contributed by atoms with Crippen LogP contribution in [0.15, 0.2) is 18.2 Å². The largest absolute Gasteiger partial charge is 0.493 e. The number of rotatable bonds is 2. The van der Waals surface area contributed by atoms with Gasteiger partial charge in [0.25, 0.3) is 0 Å². The quantitative estimate of drug-likeness (QED) is 0.785. The number of hydrogen-bond acceptors (Lipinski definition) is 3. The first kappa shape index (κ1) is 10.1. The van der Waals surface area contributed by atoms with Gasteiger partial charge in [0.2, 0.25) is 0 Å². The van der Waals surface area contributed by atoms with Crippen molar-refractivity contribution in [3.05, 3.63) is 29.3 Å². The van der Waals surface area contributed by atoms with Gasteiger partial charge < -0.3 is 15.8 Å². The summed E-state index contributed by atoms with van der Waals surface area (Å²) in [6.45, 7) is 2.95. The van der Waals surface area contributed by atoms with E-state index in [-0.39, 0.29) is 6.04 Å². The van der Waals surface area contributed by atoms with Gasteiger partial charge in [-0.25, -0.2) is 0 Å². The van der Waals surface area contributed by atoms with Gasteiger partial charge in [-0.3, -0.25) is 0 Å². The van der Waals surface area contributed by atoms with E-state index in [0.29, 0.717) is 5.92 Å². The zero-order chi connectivity index (χ0) is 11.0. The number of fused-ring (bicyclic) bond motifs is 1. The van der Waals surface area contributed by atoms with Crippen molar-refractivity contribution >= 4 is 0 Å². The Bertz CT molecular complexity index is 388. The van der Waals surface area contributed by atoms with Crippen LogP contribution in [0.3, 0.4) is 0 Å². The number of nitrogens with one attached hydrogen (secondary N) is 1. The van der Waals surface area contributed by atoms with Crippen LogP contribution < -0.4 is 15.8 Å². The maximum Gasteiger partial charge on any atom is 0.122 e. The number of benzene rings is 1. The van der Waals surface area contributed by atoms with Crippen LogP contribution in [0.25, 0.3) is 0 Å². The molecule has 2 aliphatic heterocycles. The average Bonchev–Trinajstić information content (AvgIpc) is 2.26. The Morgan fingerprint density at radius 2 is 2.25 bits per heavy atom. The van der Waals surface area contributed by atoms with Crippen LogP contribution in [0, 0.1) is 5.92 Å². The average molecular weight is 218 g/mol. The van der Waals surface area contributed by atoms with Gasteiger partial charge in [-0.2, -0.15) is 0 Å². The van der Waals surface area contributed by atoms with Crippen LogP contribution in [0.5, 0.6) is 5.75 Å². The molecule has 0 spiro atoms. The Hall–Kier alpha value is -1.06. The van der Waals surface area contributed by atoms with Crippen molar-refractivity contribution in [2.24, 2.45) is 11.7 Å². The third-order valence-electron chi connectivity index (χ3n) is 3.64. The van der Waals surface area contributed by atoms with Gasteiger partial charge in [-0.05, 0) is 30.0 Å². The Balaban J connectivity index is 1.84. The van der Waals surface area contributed by atoms with E-state index in [1.165, 1.54) is 11.1 Å². The molecule has 2 aliphatic rings. The van der Waals surface area contributed by atoms with Gasteiger partial charge in [0.05, 0.1) is 6.61 Å². The van der Waals surface area contributed by atoms with Crippen molar-refractivity contribution in [2.45, 2.75) is 18.9 Å². The summed E-state index contributed by atoms with van der Waals surface area (Å²) in [5, 5.41) is 3.27. The van der Waals surface area contributed by atoms with Crippen molar-refractivity contribution < 1.29 is 4.74 Å². The first-order valence-corrected chi connectivity index (χ1v) is 6.06. The summed E-state index contributed by atoms with van der Waals surface area (Å²) in [6.07, 6.45) is 2.25. The Morgan fingerprint density at radius 3 is 3.00 bits per heavy atom. The van der Waals surface area contributed by atoms with Crippen LogP contribution in [-0.4, -0.2) is 19.7 Å². The topological polar surface area (TPSA) is 47.3 Å². The molecule has 0 bridgehead atoms. The number of aryl methyl sites for hydroxylation is 1. The van der Waals surface area contributed by atoms with Gasteiger partial charge in [0.15, 0.2) is 0 Å². The second kappa shape index (κ2) is 4.07. The smallest absolute Gasteiger partial charge is 0.122 e. The van der Waals surface area contributed by atoms with Gasteiger partial charge in [-0.15, -0.1) is 0 Å². The molecule has 0 saturated carbocycles. The van der Waals surface area contributed by atoms with E-state index in [4.69, 9.17) is 10.5 Å². The summed E-state index contributed by atoms with van der Waals surface area (Å²) >= 11 is 0. The zero-order valence-electron chi connectivity index (χ0n) is 9.41. The second-order valence-corrected chi connectivity index (χ2v) is 4.76. The van der Waals surface area contributed by atoms with Crippen molar-refractivity contribution in [3.8, 4) is 5.75 Å². The fraction of sp³-hybridized carbons (Fsp3) is 0.538. The van der Waals surface area contributed by atoms with Crippen molar-refractivity contribution in [3.63, 3.8) is 0 Å². The molecule has 1 unspecified atom stereocenters. The van der Waals surface area contributed by atoms with Gasteiger partial charge in [0.1, 0.15) is 5.75 Å². The summed E-state index contributed by atoms with van der Waals surface area (Å²) in [7, 11) is 0. The maximum absolute atomic E-state index is 6.25. The summed E-state index contributed by atoms with van der Waals surface area (Å²) < 4.78 is 5.61. The van der Waals surface area contributed by atoms with E-state index in [1.54, 1.807) is 0 Å². The fourth-order valence-corrected chi connectivity index (χ4v) is 2.42. The highest BCUT2D eigenvalue weighted by molar-refractivity contribution is 5.39. The molecule has 16 heavy (non-hydrogen) atoms. The van der Waals surface area contributed by atoms with E-state index in [2.05, 4.69) is 23.5 Å². The molecular weight excluding hydrogens is 200 g/mol. The zero-order valence-corrected chi connectivity index (χ0v) is 9.41. The van der Waals surface area contributed by atoms with Crippen LogP contribution in [-0.2, 0) is 6.42 Å². The highest BCUT2D eigenvalue weighted by Gasteiger charge is 2.25.